The summed E-state index contributed by atoms with van der Waals surface area (Å²) in [5.41, 5.74) is 7.35. The Morgan fingerprint density at radius 2 is 2.22 bits per heavy atom. The summed E-state index contributed by atoms with van der Waals surface area (Å²) in [5.74, 6) is -0.0772. The van der Waals surface area contributed by atoms with E-state index in [1.54, 1.807) is 7.11 Å². The normalized spacial score (nSPS) is 11.6. The standard InChI is InChI=1S/C12H17IN2O2.ClH/c1-8-5-9(13)3-4-11(8)15-12(16)6-10(7-14)17-2;/h3-5,10H,6-7,14H2,1-2H3,(H,15,16);1H. The first kappa shape index (κ1) is 17.6. The minimum atomic E-state index is -0.223. The summed E-state index contributed by atoms with van der Waals surface area (Å²) >= 11 is 2.24. The molecule has 1 rings (SSSR count). The fraction of sp³-hybridized carbons (Fsp3) is 0.417. The van der Waals surface area contributed by atoms with Gasteiger partial charge in [0.15, 0.2) is 0 Å². The highest BCUT2D eigenvalue weighted by Crippen LogP contribution is 2.18. The molecule has 1 amide bonds. The Kier molecular flexibility index (Phi) is 8.51. The van der Waals surface area contributed by atoms with Gasteiger partial charge in [-0.3, -0.25) is 4.79 Å². The van der Waals surface area contributed by atoms with Gasteiger partial charge in [-0.1, -0.05) is 0 Å². The Labute approximate surface area is 127 Å². The maximum absolute atomic E-state index is 11.7. The third-order valence-corrected chi connectivity index (χ3v) is 3.14. The molecule has 0 saturated carbocycles. The van der Waals surface area contributed by atoms with Crippen molar-refractivity contribution in [1.82, 2.24) is 0 Å². The number of hydrogen-bond donors (Lipinski definition) is 2. The zero-order chi connectivity index (χ0) is 12.8. The second-order valence-electron chi connectivity index (χ2n) is 3.80. The first-order valence-electron chi connectivity index (χ1n) is 5.35. The van der Waals surface area contributed by atoms with Gasteiger partial charge in [0.2, 0.25) is 5.91 Å². The first-order valence-corrected chi connectivity index (χ1v) is 6.43. The van der Waals surface area contributed by atoms with E-state index in [-0.39, 0.29) is 30.8 Å². The van der Waals surface area contributed by atoms with Gasteiger partial charge in [0.25, 0.3) is 0 Å². The molecule has 1 unspecified atom stereocenters. The van der Waals surface area contributed by atoms with Crippen molar-refractivity contribution < 1.29 is 9.53 Å². The molecule has 0 radical (unpaired) electrons. The van der Waals surface area contributed by atoms with E-state index in [1.165, 1.54) is 0 Å². The second kappa shape index (κ2) is 8.68. The van der Waals surface area contributed by atoms with Gasteiger partial charge in [0, 0.05) is 22.9 Å². The minimum Gasteiger partial charge on any atom is -0.380 e. The second-order valence-corrected chi connectivity index (χ2v) is 5.05. The molecule has 0 fully saturated rings. The highest BCUT2D eigenvalue weighted by Gasteiger charge is 2.12. The summed E-state index contributed by atoms with van der Waals surface area (Å²) in [6.07, 6.45) is 0.0532. The number of methoxy groups -OCH3 is 1. The molecule has 6 heteroatoms. The summed E-state index contributed by atoms with van der Waals surface area (Å²) in [5, 5.41) is 2.86. The van der Waals surface area contributed by atoms with Crippen molar-refractivity contribution in [2.24, 2.45) is 5.73 Å². The molecule has 4 nitrogen and oxygen atoms in total. The van der Waals surface area contributed by atoms with Crippen molar-refractivity contribution in [3.8, 4) is 0 Å². The summed E-state index contributed by atoms with van der Waals surface area (Å²) in [7, 11) is 1.56. The number of halogens is 2. The van der Waals surface area contributed by atoms with Crippen LogP contribution in [-0.4, -0.2) is 25.7 Å². The molecule has 0 saturated heterocycles. The van der Waals surface area contributed by atoms with Gasteiger partial charge in [0.1, 0.15) is 0 Å². The maximum atomic E-state index is 11.7. The molecule has 0 aromatic heterocycles. The lowest BCUT2D eigenvalue weighted by Gasteiger charge is -2.13. The first-order chi connectivity index (χ1) is 8.06. The number of rotatable bonds is 5. The number of nitrogens with one attached hydrogen (secondary N) is 1. The van der Waals surface area contributed by atoms with E-state index >= 15 is 0 Å². The van der Waals surface area contributed by atoms with Gasteiger partial charge in [-0.25, -0.2) is 0 Å². The lowest BCUT2D eigenvalue weighted by Crippen LogP contribution is -2.28. The van der Waals surface area contributed by atoms with E-state index in [9.17, 15) is 4.79 Å². The number of carbonyl (C=O) groups is 1. The summed E-state index contributed by atoms with van der Waals surface area (Å²) < 4.78 is 6.22. The van der Waals surface area contributed by atoms with Crippen LogP contribution in [0, 0.1) is 10.5 Å². The van der Waals surface area contributed by atoms with Crippen LogP contribution in [0.4, 0.5) is 5.69 Å². The van der Waals surface area contributed by atoms with Crippen LogP contribution >= 0.6 is 35.0 Å². The average Bonchev–Trinajstić information content (AvgIpc) is 2.29. The Bertz CT molecular complexity index is 398. The molecule has 0 spiro atoms. The predicted molar refractivity (Wildman–Crippen MR) is 84.2 cm³/mol. The van der Waals surface area contributed by atoms with Crippen LogP contribution in [-0.2, 0) is 9.53 Å². The van der Waals surface area contributed by atoms with Gasteiger partial charge in [0.05, 0.1) is 12.5 Å². The van der Waals surface area contributed by atoms with E-state index in [4.69, 9.17) is 10.5 Å². The molecule has 0 heterocycles. The topological polar surface area (TPSA) is 64.3 Å². The van der Waals surface area contributed by atoms with Crippen molar-refractivity contribution >= 4 is 46.6 Å². The van der Waals surface area contributed by atoms with Crippen molar-refractivity contribution in [3.63, 3.8) is 0 Å². The number of amides is 1. The fourth-order valence-corrected chi connectivity index (χ4v) is 2.09. The van der Waals surface area contributed by atoms with Crippen LogP contribution in [0.5, 0.6) is 0 Å². The van der Waals surface area contributed by atoms with Gasteiger partial charge < -0.3 is 15.8 Å². The molecule has 0 aliphatic rings. The Morgan fingerprint density at radius 1 is 1.56 bits per heavy atom. The van der Waals surface area contributed by atoms with Crippen LogP contribution in [0.2, 0.25) is 0 Å². The van der Waals surface area contributed by atoms with Crippen molar-refractivity contribution in [3.05, 3.63) is 27.3 Å². The molecule has 1 aromatic rings. The van der Waals surface area contributed by atoms with Crippen LogP contribution < -0.4 is 11.1 Å². The number of hydrogen-bond acceptors (Lipinski definition) is 3. The van der Waals surface area contributed by atoms with Gasteiger partial charge in [-0.05, 0) is 53.3 Å². The monoisotopic (exact) mass is 384 g/mol. The molecule has 1 aromatic carbocycles. The zero-order valence-electron chi connectivity index (χ0n) is 10.4. The molecular formula is C12H18ClIN2O2. The van der Waals surface area contributed by atoms with E-state index < -0.39 is 0 Å². The highest BCUT2D eigenvalue weighted by atomic mass is 127. The van der Waals surface area contributed by atoms with Gasteiger partial charge in [-0.15, -0.1) is 12.4 Å². The quantitative estimate of drug-likeness (QED) is 0.766. The Balaban J connectivity index is 0.00000289. The smallest absolute Gasteiger partial charge is 0.227 e. The van der Waals surface area contributed by atoms with E-state index in [1.807, 2.05) is 25.1 Å². The highest BCUT2D eigenvalue weighted by molar-refractivity contribution is 14.1. The van der Waals surface area contributed by atoms with Crippen LogP contribution in [0.1, 0.15) is 12.0 Å². The molecule has 0 aliphatic heterocycles. The summed E-state index contributed by atoms with van der Waals surface area (Å²) in [4.78, 5) is 11.7. The van der Waals surface area contributed by atoms with Crippen LogP contribution in [0.25, 0.3) is 0 Å². The number of aryl methyl sites for hydroxylation is 1. The number of ether oxygens (including phenoxy) is 1. The minimum absolute atomic E-state index is 0. The Hall–Kier alpha value is -0.370. The van der Waals surface area contributed by atoms with Crippen LogP contribution in [0.15, 0.2) is 18.2 Å². The molecule has 0 aliphatic carbocycles. The third kappa shape index (κ3) is 5.51. The van der Waals surface area contributed by atoms with Crippen molar-refractivity contribution in [2.75, 3.05) is 19.0 Å². The number of carbonyl (C=O) groups excluding carboxylic acids is 1. The number of benzene rings is 1. The van der Waals surface area contributed by atoms with E-state index in [0.29, 0.717) is 6.54 Å². The molecule has 18 heavy (non-hydrogen) atoms. The van der Waals surface area contributed by atoms with E-state index in [2.05, 4.69) is 27.9 Å². The lowest BCUT2D eigenvalue weighted by molar-refractivity contribution is -0.118. The lowest BCUT2D eigenvalue weighted by atomic mass is 10.2. The van der Waals surface area contributed by atoms with Gasteiger partial charge in [-0.2, -0.15) is 0 Å². The molecular weight excluding hydrogens is 367 g/mol. The maximum Gasteiger partial charge on any atom is 0.227 e. The molecule has 1 atom stereocenters. The SMILES string of the molecule is COC(CN)CC(=O)Nc1ccc(I)cc1C.Cl. The largest absolute Gasteiger partial charge is 0.380 e. The third-order valence-electron chi connectivity index (χ3n) is 2.47. The average molecular weight is 385 g/mol. The zero-order valence-corrected chi connectivity index (χ0v) is 13.4. The molecule has 0 bridgehead atoms. The summed E-state index contributed by atoms with van der Waals surface area (Å²) in [6, 6.07) is 5.88. The Morgan fingerprint density at radius 3 is 2.72 bits per heavy atom. The molecule has 102 valence electrons. The predicted octanol–water partition coefficient (Wildman–Crippen LogP) is 2.32. The number of anilines is 1. The summed E-state index contributed by atoms with van der Waals surface area (Å²) in [6.45, 7) is 2.31. The van der Waals surface area contributed by atoms with E-state index in [0.717, 1.165) is 14.8 Å². The van der Waals surface area contributed by atoms with Crippen molar-refractivity contribution in [2.45, 2.75) is 19.4 Å². The fourth-order valence-electron chi connectivity index (χ4n) is 1.44. The molecule has 3 N–H and O–H groups in total. The number of nitrogens with two attached hydrogens (primary N) is 1. The van der Waals surface area contributed by atoms with Gasteiger partial charge >= 0.3 is 0 Å². The van der Waals surface area contributed by atoms with Crippen molar-refractivity contribution in [1.29, 1.82) is 0 Å². The van der Waals surface area contributed by atoms with Crippen LogP contribution in [0.3, 0.4) is 0 Å².